The molecule has 0 spiro atoms. The van der Waals surface area contributed by atoms with Crippen LogP contribution in [0.1, 0.15) is 32.4 Å². The minimum absolute atomic E-state index is 0.00295. The van der Waals surface area contributed by atoms with Gasteiger partial charge in [0.25, 0.3) is 0 Å². The van der Waals surface area contributed by atoms with Crippen molar-refractivity contribution in [3.05, 3.63) is 48.2 Å². The van der Waals surface area contributed by atoms with Crippen molar-refractivity contribution in [2.45, 2.75) is 26.8 Å². The molecule has 1 saturated heterocycles. The lowest BCUT2D eigenvalue weighted by Crippen LogP contribution is -2.37. The molecule has 3 rings (SSSR count). The summed E-state index contributed by atoms with van der Waals surface area (Å²) in [7, 11) is 0. The van der Waals surface area contributed by atoms with Gasteiger partial charge in [-0.15, -0.1) is 0 Å². The maximum absolute atomic E-state index is 12.1. The van der Waals surface area contributed by atoms with Crippen molar-refractivity contribution >= 4 is 11.6 Å². The number of carbonyl (C=O) groups is 1. The van der Waals surface area contributed by atoms with Crippen LogP contribution in [0.3, 0.4) is 0 Å². The molecule has 0 saturated carbocycles. The number of carbonyl (C=O) groups excluding carboxylic acids is 1. The van der Waals surface area contributed by atoms with Crippen molar-refractivity contribution in [1.29, 1.82) is 0 Å². The van der Waals surface area contributed by atoms with Crippen LogP contribution in [0.4, 0.5) is 5.69 Å². The first kappa shape index (κ1) is 18.5. The number of hydrogen-bond acceptors (Lipinski definition) is 4. The van der Waals surface area contributed by atoms with Crippen molar-refractivity contribution in [2.75, 3.05) is 31.6 Å². The van der Waals surface area contributed by atoms with Crippen LogP contribution in [-0.4, -0.2) is 42.1 Å². The molecule has 1 amide bonds. The molecule has 138 valence electrons. The number of morpholine rings is 1. The molecule has 1 aromatic carbocycles. The van der Waals surface area contributed by atoms with Crippen LogP contribution < -0.4 is 5.32 Å². The maximum Gasteiger partial charge on any atom is 0.226 e. The molecule has 1 N–H and O–H groups in total. The van der Waals surface area contributed by atoms with E-state index < -0.39 is 0 Å². The highest BCUT2D eigenvalue weighted by molar-refractivity contribution is 5.95. The van der Waals surface area contributed by atoms with E-state index in [-0.39, 0.29) is 11.8 Å². The number of nitrogens with zero attached hydrogens (tertiary/aromatic N) is 2. The molecular weight excluding hydrogens is 326 g/mol. The Morgan fingerprint density at radius 1 is 1.12 bits per heavy atom. The van der Waals surface area contributed by atoms with E-state index in [0.717, 1.165) is 43.2 Å². The van der Waals surface area contributed by atoms with Crippen LogP contribution in [0.2, 0.25) is 0 Å². The predicted molar refractivity (Wildman–Crippen MR) is 104 cm³/mol. The van der Waals surface area contributed by atoms with Crippen molar-refractivity contribution in [2.24, 2.45) is 5.92 Å². The summed E-state index contributed by atoms with van der Waals surface area (Å²) < 4.78 is 5.44. The van der Waals surface area contributed by atoms with Gasteiger partial charge in [0.15, 0.2) is 0 Å². The molecule has 5 nitrogen and oxygen atoms in total. The molecule has 0 radical (unpaired) electrons. The molecule has 2 aromatic rings. The van der Waals surface area contributed by atoms with E-state index in [2.05, 4.69) is 46.4 Å². The highest BCUT2D eigenvalue weighted by Crippen LogP contribution is 2.28. The molecule has 2 heterocycles. The van der Waals surface area contributed by atoms with Gasteiger partial charge in [-0.3, -0.25) is 14.7 Å². The van der Waals surface area contributed by atoms with Gasteiger partial charge in [0.2, 0.25) is 5.91 Å². The molecule has 0 bridgehead atoms. The average Bonchev–Trinajstić information content (AvgIpc) is 2.68. The molecular formula is C21H27N3O2. The van der Waals surface area contributed by atoms with Gasteiger partial charge in [0, 0.05) is 36.8 Å². The lowest BCUT2D eigenvalue weighted by molar-refractivity contribution is -0.118. The zero-order chi connectivity index (χ0) is 18.5. The van der Waals surface area contributed by atoms with Gasteiger partial charge in [0.1, 0.15) is 0 Å². The van der Waals surface area contributed by atoms with Crippen LogP contribution in [0.15, 0.2) is 42.6 Å². The number of hydrogen-bond donors (Lipinski definition) is 1. The monoisotopic (exact) mass is 353 g/mol. The van der Waals surface area contributed by atoms with Gasteiger partial charge < -0.3 is 10.1 Å². The van der Waals surface area contributed by atoms with E-state index in [4.69, 9.17) is 4.74 Å². The van der Waals surface area contributed by atoms with E-state index in [1.807, 2.05) is 26.0 Å². The third-order valence-corrected chi connectivity index (χ3v) is 4.85. The number of benzene rings is 1. The number of aromatic nitrogens is 1. The van der Waals surface area contributed by atoms with Crippen LogP contribution in [0.25, 0.3) is 11.3 Å². The molecule has 0 aliphatic carbocycles. The van der Waals surface area contributed by atoms with E-state index in [9.17, 15) is 4.79 Å². The fraction of sp³-hybridized carbons (Fsp3) is 0.429. The third kappa shape index (κ3) is 4.29. The Morgan fingerprint density at radius 3 is 2.46 bits per heavy atom. The first-order chi connectivity index (χ1) is 12.6. The van der Waals surface area contributed by atoms with Crippen LogP contribution in [-0.2, 0) is 9.53 Å². The van der Waals surface area contributed by atoms with Gasteiger partial charge in [-0.1, -0.05) is 38.1 Å². The number of rotatable bonds is 5. The summed E-state index contributed by atoms with van der Waals surface area (Å²) >= 11 is 0. The van der Waals surface area contributed by atoms with Crippen molar-refractivity contribution in [3.8, 4) is 11.3 Å². The zero-order valence-electron chi connectivity index (χ0n) is 15.7. The maximum atomic E-state index is 12.1. The summed E-state index contributed by atoms with van der Waals surface area (Å²) in [5, 5.41) is 2.97. The lowest BCUT2D eigenvalue weighted by atomic mass is 10.0. The van der Waals surface area contributed by atoms with Gasteiger partial charge in [-0.2, -0.15) is 0 Å². The molecule has 1 aliphatic rings. The second-order valence-corrected chi connectivity index (χ2v) is 6.99. The Bertz CT molecular complexity index is 737. The Balaban J connectivity index is 1.79. The van der Waals surface area contributed by atoms with Gasteiger partial charge >= 0.3 is 0 Å². The van der Waals surface area contributed by atoms with Crippen molar-refractivity contribution in [1.82, 2.24) is 9.88 Å². The van der Waals surface area contributed by atoms with Crippen molar-refractivity contribution < 1.29 is 9.53 Å². The fourth-order valence-electron chi connectivity index (χ4n) is 3.11. The number of pyridine rings is 1. The smallest absolute Gasteiger partial charge is 0.226 e. The molecule has 1 aliphatic heterocycles. The lowest BCUT2D eigenvalue weighted by Gasteiger charge is -2.32. The quantitative estimate of drug-likeness (QED) is 0.890. The fourth-order valence-corrected chi connectivity index (χ4v) is 3.11. The van der Waals surface area contributed by atoms with E-state index in [0.29, 0.717) is 6.04 Å². The molecule has 26 heavy (non-hydrogen) atoms. The molecule has 1 fully saturated rings. The van der Waals surface area contributed by atoms with Gasteiger partial charge in [-0.05, 0) is 24.6 Å². The van der Waals surface area contributed by atoms with Crippen LogP contribution >= 0.6 is 0 Å². The second-order valence-electron chi connectivity index (χ2n) is 6.99. The van der Waals surface area contributed by atoms with E-state index in [1.54, 1.807) is 6.20 Å². The summed E-state index contributed by atoms with van der Waals surface area (Å²) in [5.41, 5.74) is 3.83. The van der Waals surface area contributed by atoms with Crippen molar-refractivity contribution in [3.63, 3.8) is 0 Å². The number of ether oxygens (including phenoxy) is 1. The minimum atomic E-state index is -0.0696. The first-order valence-corrected chi connectivity index (χ1v) is 9.24. The zero-order valence-corrected chi connectivity index (χ0v) is 15.7. The van der Waals surface area contributed by atoms with Crippen LogP contribution in [0.5, 0.6) is 0 Å². The summed E-state index contributed by atoms with van der Waals surface area (Å²) in [4.78, 5) is 19.0. The Labute approximate surface area is 155 Å². The molecule has 0 unspecified atom stereocenters. The average molecular weight is 353 g/mol. The van der Waals surface area contributed by atoms with Gasteiger partial charge in [0.05, 0.1) is 24.6 Å². The van der Waals surface area contributed by atoms with Gasteiger partial charge in [-0.25, -0.2) is 0 Å². The number of nitrogens with one attached hydrogen (secondary N) is 1. The molecule has 5 heteroatoms. The second kappa shape index (κ2) is 8.43. The number of anilines is 1. The molecule has 1 atom stereocenters. The Hall–Kier alpha value is -2.24. The normalized spacial score (nSPS) is 16.5. The topological polar surface area (TPSA) is 54.5 Å². The summed E-state index contributed by atoms with van der Waals surface area (Å²) in [5.74, 6) is -0.0726. The standard InChI is InChI=1S/C21H27N3O2/c1-15(2)21(25)23-19-5-4-10-22-20(19)18-8-6-17(7-9-18)16(3)24-11-13-26-14-12-24/h4-10,15-16H,11-14H2,1-3H3,(H,23,25)/t16-/m1/s1. The Kier molecular flexibility index (Phi) is 6.01. The largest absolute Gasteiger partial charge is 0.379 e. The van der Waals surface area contributed by atoms with Crippen LogP contribution in [0, 0.1) is 5.92 Å². The molecule has 1 aromatic heterocycles. The van der Waals surface area contributed by atoms with E-state index in [1.165, 1.54) is 5.56 Å². The highest BCUT2D eigenvalue weighted by Gasteiger charge is 2.19. The third-order valence-electron chi connectivity index (χ3n) is 4.85. The number of amides is 1. The highest BCUT2D eigenvalue weighted by atomic mass is 16.5. The summed E-state index contributed by atoms with van der Waals surface area (Å²) in [6, 6.07) is 12.6. The summed E-state index contributed by atoms with van der Waals surface area (Å²) in [6.45, 7) is 9.53. The first-order valence-electron chi connectivity index (χ1n) is 9.24. The SMILES string of the molecule is CC(C)C(=O)Nc1cccnc1-c1ccc([C@@H](C)N2CCOCC2)cc1. The predicted octanol–water partition coefficient (Wildman–Crippen LogP) is 3.74. The van der Waals surface area contributed by atoms with E-state index >= 15 is 0 Å². The summed E-state index contributed by atoms with van der Waals surface area (Å²) in [6.07, 6.45) is 1.75. The Morgan fingerprint density at radius 2 is 1.81 bits per heavy atom. The minimum Gasteiger partial charge on any atom is -0.379 e.